The quantitative estimate of drug-likeness (QED) is 0.315. The molecule has 1 aromatic heterocycles. The van der Waals surface area contributed by atoms with Gasteiger partial charge < -0.3 is 9.64 Å². The highest BCUT2D eigenvalue weighted by atomic mass is 35.5. The second kappa shape index (κ2) is 8.99. The number of anilines is 1. The van der Waals surface area contributed by atoms with Gasteiger partial charge in [0.05, 0.1) is 16.3 Å². The van der Waals surface area contributed by atoms with Gasteiger partial charge in [0.2, 0.25) is 0 Å². The Bertz CT molecular complexity index is 1260. The van der Waals surface area contributed by atoms with Crippen LogP contribution >= 0.6 is 11.6 Å². The number of fused-ring (bicyclic) bond motifs is 1. The molecular weight excluding hydrogens is 455 g/mol. The van der Waals surface area contributed by atoms with Crippen molar-refractivity contribution in [1.82, 2.24) is 9.78 Å². The number of hydrogen-bond donors (Lipinski definition) is 0. The smallest absolute Gasteiger partial charge is 0.343 e. The van der Waals surface area contributed by atoms with E-state index < -0.39 is 29.2 Å². The second-order valence-electron chi connectivity index (χ2n) is 7.43. The zero-order valence-corrected chi connectivity index (χ0v) is 18.2. The molecule has 1 aliphatic rings. The van der Waals surface area contributed by atoms with Crippen LogP contribution in [0.4, 0.5) is 15.8 Å². The highest BCUT2D eigenvalue weighted by Crippen LogP contribution is 2.31. The summed E-state index contributed by atoms with van der Waals surface area (Å²) in [6.07, 6.45) is 1.24. The van der Waals surface area contributed by atoms with Gasteiger partial charge in [0.1, 0.15) is 16.5 Å². The Kier molecular flexibility index (Phi) is 6.10. The number of amides is 1. The van der Waals surface area contributed by atoms with Gasteiger partial charge in [-0.05, 0) is 55.7 Å². The van der Waals surface area contributed by atoms with Gasteiger partial charge in [-0.25, -0.2) is 13.9 Å². The van der Waals surface area contributed by atoms with Crippen LogP contribution in [0.25, 0.3) is 5.69 Å². The minimum Gasteiger partial charge on any atom is -0.452 e. The van der Waals surface area contributed by atoms with Gasteiger partial charge in [0.15, 0.2) is 6.61 Å². The summed E-state index contributed by atoms with van der Waals surface area (Å²) >= 11 is 6.33. The first kappa shape index (κ1) is 22.4. The molecule has 0 fully saturated rings. The Morgan fingerprint density at radius 3 is 2.67 bits per heavy atom. The maximum absolute atomic E-state index is 13.2. The largest absolute Gasteiger partial charge is 0.452 e. The maximum Gasteiger partial charge on any atom is 0.343 e. The van der Waals surface area contributed by atoms with Crippen molar-refractivity contribution in [2.24, 2.45) is 0 Å². The number of carbonyl (C=O) groups excluding carboxylic acids is 2. The number of esters is 1. The van der Waals surface area contributed by atoms with Crippen LogP contribution in [0.3, 0.4) is 0 Å². The minimum atomic E-state index is -0.819. The number of halogens is 2. The molecule has 0 atom stereocenters. The molecule has 0 N–H and O–H groups in total. The number of nitro benzene ring substituents is 1. The third kappa shape index (κ3) is 4.42. The van der Waals surface area contributed by atoms with E-state index in [1.807, 2.05) is 0 Å². The average molecular weight is 473 g/mol. The van der Waals surface area contributed by atoms with E-state index in [0.717, 1.165) is 0 Å². The number of carbonyl (C=O) groups is 2. The van der Waals surface area contributed by atoms with E-state index in [0.29, 0.717) is 36.3 Å². The molecule has 0 radical (unpaired) electrons. The van der Waals surface area contributed by atoms with E-state index in [4.69, 9.17) is 16.3 Å². The average Bonchev–Trinajstić information content (AvgIpc) is 3.10. The number of ether oxygens (including phenoxy) is 1. The number of benzene rings is 2. The fourth-order valence-electron chi connectivity index (χ4n) is 3.72. The van der Waals surface area contributed by atoms with Gasteiger partial charge in [0, 0.05) is 24.4 Å². The molecule has 0 bridgehead atoms. The van der Waals surface area contributed by atoms with Crippen LogP contribution in [-0.4, -0.2) is 39.7 Å². The summed E-state index contributed by atoms with van der Waals surface area (Å²) in [5.41, 5.74) is 1.96. The molecule has 1 aliphatic heterocycles. The van der Waals surface area contributed by atoms with Crippen molar-refractivity contribution in [3.63, 3.8) is 0 Å². The van der Waals surface area contributed by atoms with Crippen molar-refractivity contribution in [3.05, 3.63) is 80.4 Å². The van der Waals surface area contributed by atoms with Crippen LogP contribution in [0, 0.1) is 22.9 Å². The van der Waals surface area contributed by atoms with E-state index in [-0.39, 0.29) is 22.1 Å². The lowest BCUT2D eigenvalue weighted by Gasteiger charge is -2.29. The van der Waals surface area contributed by atoms with E-state index >= 15 is 0 Å². The standard InChI is InChI=1S/C22H18ClFN4O5/c1-13-20(21(23)27(25-13)16-6-4-15(24)5-7-16)22(30)33-12-19(29)26-10-2-3-14-11-17(28(31)32)8-9-18(14)26/h4-9,11H,2-3,10,12H2,1H3. The first-order chi connectivity index (χ1) is 15.8. The van der Waals surface area contributed by atoms with Crippen LogP contribution < -0.4 is 4.90 Å². The van der Waals surface area contributed by atoms with Crippen molar-refractivity contribution in [1.29, 1.82) is 0 Å². The Hall–Kier alpha value is -3.79. The molecule has 0 saturated carbocycles. The fraction of sp³-hybridized carbons (Fsp3) is 0.227. The summed E-state index contributed by atoms with van der Waals surface area (Å²) in [4.78, 5) is 37.4. The van der Waals surface area contributed by atoms with Crippen molar-refractivity contribution in [3.8, 4) is 5.69 Å². The molecule has 0 spiro atoms. The molecule has 3 aromatic rings. The van der Waals surface area contributed by atoms with Crippen LogP contribution in [-0.2, 0) is 16.0 Å². The molecule has 1 amide bonds. The van der Waals surface area contributed by atoms with Gasteiger partial charge in [-0.2, -0.15) is 5.10 Å². The Morgan fingerprint density at radius 1 is 1.24 bits per heavy atom. The Labute approximate surface area is 192 Å². The first-order valence-electron chi connectivity index (χ1n) is 10.0. The summed E-state index contributed by atoms with van der Waals surface area (Å²) in [7, 11) is 0. The van der Waals surface area contributed by atoms with Crippen molar-refractivity contribution < 1.29 is 23.6 Å². The fourth-order valence-corrected chi connectivity index (χ4v) is 4.07. The lowest BCUT2D eigenvalue weighted by Crippen LogP contribution is -2.38. The van der Waals surface area contributed by atoms with Crippen molar-refractivity contribution >= 4 is 34.9 Å². The van der Waals surface area contributed by atoms with Crippen molar-refractivity contribution in [2.45, 2.75) is 19.8 Å². The van der Waals surface area contributed by atoms with Gasteiger partial charge in [-0.15, -0.1) is 0 Å². The van der Waals surface area contributed by atoms with E-state index in [9.17, 15) is 24.1 Å². The topological polar surface area (TPSA) is 108 Å². The van der Waals surface area contributed by atoms with E-state index in [1.165, 1.54) is 52.0 Å². The maximum atomic E-state index is 13.2. The van der Waals surface area contributed by atoms with E-state index in [2.05, 4.69) is 5.10 Å². The van der Waals surface area contributed by atoms with Crippen LogP contribution in [0.5, 0.6) is 0 Å². The summed E-state index contributed by atoms with van der Waals surface area (Å²) in [6, 6.07) is 9.72. The molecular formula is C22H18ClFN4O5. The normalized spacial score (nSPS) is 12.9. The molecule has 2 heterocycles. The van der Waals surface area contributed by atoms with Gasteiger partial charge in [0.25, 0.3) is 11.6 Å². The third-order valence-electron chi connectivity index (χ3n) is 5.30. The van der Waals surface area contributed by atoms with Crippen molar-refractivity contribution in [2.75, 3.05) is 18.1 Å². The molecule has 11 heteroatoms. The summed E-state index contributed by atoms with van der Waals surface area (Å²) < 4.78 is 19.7. The molecule has 0 aliphatic carbocycles. The zero-order valence-electron chi connectivity index (χ0n) is 17.5. The highest BCUT2D eigenvalue weighted by Gasteiger charge is 2.27. The predicted molar refractivity (Wildman–Crippen MR) is 117 cm³/mol. The molecule has 33 heavy (non-hydrogen) atoms. The lowest BCUT2D eigenvalue weighted by atomic mass is 10.0. The van der Waals surface area contributed by atoms with Gasteiger partial charge in [-0.3, -0.25) is 14.9 Å². The lowest BCUT2D eigenvalue weighted by molar-refractivity contribution is -0.384. The minimum absolute atomic E-state index is 0.00320. The molecule has 170 valence electrons. The Morgan fingerprint density at radius 2 is 1.97 bits per heavy atom. The SMILES string of the molecule is Cc1nn(-c2ccc(F)cc2)c(Cl)c1C(=O)OCC(=O)N1CCCc2cc([N+](=O)[O-])ccc21. The molecule has 0 unspecified atom stereocenters. The molecule has 9 nitrogen and oxygen atoms in total. The van der Waals surface area contributed by atoms with Gasteiger partial charge >= 0.3 is 5.97 Å². The first-order valence-corrected chi connectivity index (χ1v) is 10.4. The van der Waals surface area contributed by atoms with Crippen LogP contribution in [0.15, 0.2) is 42.5 Å². The molecule has 4 rings (SSSR count). The number of aryl methyl sites for hydroxylation is 2. The van der Waals surface area contributed by atoms with Crippen LogP contribution in [0.2, 0.25) is 5.15 Å². The second-order valence-corrected chi connectivity index (χ2v) is 7.79. The van der Waals surface area contributed by atoms with Crippen LogP contribution in [0.1, 0.15) is 28.0 Å². The van der Waals surface area contributed by atoms with E-state index in [1.54, 1.807) is 6.92 Å². The van der Waals surface area contributed by atoms with Gasteiger partial charge in [-0.1, -0.05) is 11.6 Å². The Balaban J connectivity index is 1.48. The number of aromatic nitrogens is 2. The molecule has 2 aromatic carbocycles. The summed E-state index contributed by atoms with van der Waals surface area (Å²) in [5.74, 6) is -1.70. The monoisotopic (exact) mass is 472 g/mol. The zero-order chi connectivity index (χ0) is 23.7. The predicted octanol–water partition coefficient (Wildman–Crippen LogP) is 4.02. The third-order valence-corrected chi connectivity index (χ3v) is 5.65. The highest BCUT2D eigenvalue weighted by molar-refractivity contribution is 6.33. The molecule has 0 saturated heterocycles. The number of nitro groups is 1. The number of rotatable bonds is 5. The number of hydrogen-bond acceptors (Lipinski definition) is 6. The summed E-state index contributed by atoms with van der Waals surface area (Å²) in [6.45, 7) is 1.44. The summed E-state index contributed by atoms with van der Waals surface area (Å²) in [5, 5.41) is 15.2. The number of non-ortho nitro benzene ring substituents is 1. The number of nitrogens with zero attached hydrogens (tertiary/aromatic N) is 4.